The van der Waals surface area contributed by atoms with E-state index in [0.717, 1.165) is 19.8 Å². The second-order valence-electron chi connectivity index (χ2n) is 3.53. The lowest BCUT2D eigenvalue weighted by molar-refractivity contribution is -0.000972. The summed E-state index contributed by atoms with van der Waals surface area (Å²) in [5.41, 5.74) is 0. The lowest BCUT2D eigenvalue weighted by Gasteiger charge is -2.13. The van der Waals surface area contributed by atoms with Crippen molar-refractivity contribution >= 4 is 22.6 Å². The first kappa shape index (κ1) is 10.1. The average molecular weight is 298 g/mol. The van der Waals surface area contributed by atoms with E-state index in [1.165, 1.54) is 12.8 Å². The number of hydrogen-bond acceptors (Lipinski definition) is 3. The summed E-state index contributed by atoms with van der Waals surface area (Å²) in [7, 11) is 0. The van der Waals surface area contributed by atoms with Gasteiger partial charge in [-0.1, -0.05) is 22.6 Å². The van der Waals surface area contributed by atoms with E-state index in [9.17, 15) is 0 Å². The smallest absolute Gasteiger partial charge is 0.0949 e. The van der Waals surface area contributed by atoms with Crippen LogP contribution in [0, 0.1) is 0 Å². The molecule has 2 unspecified atom stereocenters. The van der Waals surface area contributed by atoms with Gasteiger partial charge in [0.05, 0.1) is 42.6 Å². The molecule has 0 radical (unpaired) electrons. The third-order valence-electron chi connectivity index (χ3n) is 2.26. The fraction of sp³-hybridized carbons (Fsp3) is 1.00. The van der Waals surface area contributed by atoms with Gasteiger partial charge in [0.1, 0.15) is 0 Å². The minimum atomic E-state index is 0.281. The molecular formula is C9H15IO3. The van der Waals surface area contributed by atoms with Crippen molar-refractivity contribution in [2.45, 2.75) is 29.0 Å². The van der Waals surface area contributed by atoms with Gasteiger partial charge in [-0.15, -0.1) is 0 Å². The maximum atomic E-state index is 5.64. The van der Waals surface area contributed by atoms with Gasteiger partial charge in [-0.05, 0) is 12.8 Å². The Bertz CT molecular complexity index is 161. The number of ether oxygens (including phenoxy) is 3. The monoisotopic (exact) mass is 298 g/mol. The number of hydrogen-bond donors (Lipinski definition) is 0. The third kappa shape index (κ3) is 3.34. The summed E-state index contributed by atoms with van der Waals surface area (Å²) in [4.78, 5) is 0. The van der Waals surface area contributed by atoms with Crippen molar-refractivity contribution < 1.29 is 14.2 Å². The van der Waals surface area contributed by atoms with E-state index in [-0.39, 0.29) is 6.10 Å². The first-order valence-corrected chi connectivity index (χ1v) is 6.06. The van der Waals surface area contributed by atoms with Crippen molar-refractivity contribution in [2.24, 2.45) is 0 Å². The lowest BCUT2D eigenvalue weighted by Crippen LogP contribution is -2.24. The van der Waals surface area contributed by atoms with Gasteiger partial charge in [0, 0.05) is 0 Å². The van der Waals surface area contributed by atoms with Crippen LogP contribution in [0.3, 0.4) is 0 Å². The van der Waals surface area contributed by atoms with E-state index in [0.29, 0.717) is 16.6 Å². The Labute approximate surface area is 92.2 Å². The Morgan fingerprint density at radius 3 is 2.54 bits per heavy atom. The van der Waals surface area contributed by atoms with Crippen molar-refractivity contribution in [3.05, 3.63) is 0 Å². The summed E-state index contributed by atoms with van der Waals surface area (Å²) >= 11 is 2.38. The van der Waals surface area contributed by atoms with E-state index in [2.05, 4.69) is 22.6 Å². The van der Waals surface area contributed by atoms with Gasteiger partial charge in [-0.2, -0.15) is 0 Å². The normalized spacial score (nSPS) is 33.9. The lowest BCUT2D eigenvalue weighted by atomic mass is 10.3. The molecule has 2 rings (SSSR count). The van der Waals surface area contributed by atoms with E-state index in [1.54, 1.807) is 0 Å². The fourth-order valence-corrected chi connectivity index (χ4v) is 1.98. The van der Waals surface area contributed by atoms with Crippen molar-refractivity contribution in [3.8, 4) is 0 Å². The molecule has 76 valence electrons. The predicted molar refractivity (Wildman–Crippen MR) is 57.3 cm³/mol. The van der Waals surface area contributed by atoms with E-state index in [4.69, 9.17) is 14.2 Å². The zero-order valence-corrected chi connectivity index (χ0v) is 9.73. The van der Waals surface area contributed by atoms with Crippen molar-refractivity contribution in [3.63, 3.8) is 0 Å². The Kier molecular flexibility index (Phi) is 3.83. The quantitative estimate of drug-likeness (QED) is 0.436. The fourth-order valence-electron chi connectivity index (χ4n) is 1.31. The summed E-state index contributed by atoms with van der Waals surface area (Å²) in [6.07, 6.45) is 3.30. The van der Waals surface area contributed by atoms with Gasteiger partial charge in [-0.3, -0.25) is 0 Å². The van der Waals surface area contributed by atoms with E-state index < -0.39 is 0 Å². The Morgan fingerprint density at radius 2 is 1.92 bits per heavy atom. The molecular weight excluding hydrogens is 283 g/mol. The second-order valence-corrected chi connectivity index (χ2v) is 5.13. The molecule has 0 aromatic rings. The van der Waals surface area contributed by atoms with Crippen LogP contribution in [-0.4, -0.2) is 42.6 Å². The molecule has 4 heteroatoms. The largest absolute Gasteiger partial charge is 0.378 e. The maximum Gasteiger partial charge on any atom is 0.0949 e. The average Bonchev–Trinajstić information content (AvgIpc) is 2.86. The molecule has 0 N–H and O–H groups in total. The van der Waals surface area contributed by atoms with Crippen molar-refractivity contribution in [1.82, 2.24) is 0 Å². The van der Waals surface area contributed by atoms with Crippen molar-refractivity contribution in [2.75, 3.05) is 26.4 Å². The molecule has 1 aliphatic heterocycles. The highest BCUT2D eigenvalue weighted by Gasteiger charge is 2.26. The van der Waals surface area contributed by atoms with E-state index >= 15 is 0 Å². The molecule has 1 aliphatic carbocycles. The zero-order valence-electron chi connectivity index (χ0n) is 7.58. The van der Waals surface area contributed by atoms with Gasteiger partial charge < -0.3 is 14.2 Å². The number of rotatable bonds is 5. The second kappa shape index (κ2) is 4.91. The summed E-state index contributed by atoms with van der Waals surface area (Å²) in [6, 6.07) is 0. The van der Waals surface area contributed by atoms with Crippen molar-refractivity contribution in [1.29, 1.82) is 0 Å². The minimum Gasteiger partial charge on any atom is -0.378 e. The molecule has 1 saturated carbocycles. The van der Waals surface area contributed by atoms with Crippen LogP contribution in [0.2, 0.25) is 0 Å². The highest BCUT2D eigenvalue weighted by molar-refractivity contribution is 14.1. The van der Waals surface area contributed by atoms with Crippen LogP contribution in [0.5, 0.6) is 0 Å². The molecule has 0 aromatic carbocycles. The Hall–Kier alpha value is 0.610. The highest BCUT2D eigenvalue weighted by atomic mass is 127. The first-order valence-electron chi connectivity index (χ1n) is 4.81. The van der Waals surface area contributed by atoms with Gasteiger partial charge in [0.15, 0.2) is 0 Å². The molecule has 1 heterocycles. The van der Waals surface area contributed by atoms with Crippen LogP contribution < -0.4 is 0 Å². The summed E-state index contributed by atoms with van der Waals surface area (Å²) in [6.45, 7) is 3.03. The number of halogens is 1. The van der Waals surface area contributed by atoms with Crippen LogP contribution >= 0.6 is 22.6 Å². The molecule has 0 spiro atoms. The van der Waals surface area contributed by atoms with Crippen LogP contribution in [0.4, 0.5) is 0 Å². The Balaban J connectivity index is 1.51. The predicted octanol–water partition coefficient (Wildman–Crippen LogP) is 1.38. The molecule has 3 nitrogen and oxygen atoms in total. The molecule has 2 fully saturated rings. The summed E-state index contributed by atoms with van der Waals surface area (Å²) in [5.74, 6) is 0. The zero-order chi connectivity index (χ0) is 9.10. The third-order valence-corrected chi connectivity index (χ3v) is 3.42. The molecule has 0 amide bonds. The topological polar surface area (TPSA) is 27.7 Å². The molecule has 1 saturated heterocycles. The van der Waals surface area contributed by atoms with Gasteiger partial charge >= 0.3 is 0 Å². The summed E-state index contributed by atoms with van der Waals surface area (Å²) in [5, 5.41) is 0. The number of alkyl halides is 1. The molecule has 2 aliphatic rings. The van der Waals surface area contributed by atoms with Gasteiger partial charge in [0.25, 0.3) is 0 Å². The Morgan fingerprint density at radius 1 is 1.15 bits per heavy atom. The van der Waals surface area contributed by atoms with E-state index in [1.807, 2.05) is 0 Å². The van der Waals surface area contributed by atoms with Crippen LogP contribution in [-0.2, 0) is 14.2 Å². The molecule has 13 heavy (non-hydrogen) atoms. The standard InChI is InChI=1S/C9H15IO3/c10-8-5-11-6-9(8)13-4-3-12-7-1-2-7/h7-9H,1-6H2. The molecule has 0 aromatic heterocycles. The van der Waals surface area contributed by atoms with Gasteiger partial charge in [-0.25, -0.2) is 0 Å². The van der Waals surface area contributed by atoms with Gasteiger partial charge in [0.2, 0.25) is 0 Å². The molecule has 2 atom stereocenters. The van der Waals surface area contributed by atoms with Crippen LogP contribution in [0.15, 0.2) is 0 Å². The van der Waals surface area contributed by atoms with Crippen LogP contribution in [0.25, 0.3) is 0 Å². The first-order chi connectivity index (χ1) is 6.36. The summed E-state index contributed by atoms with van der Waals surface area (Å²) < 4.78 is 16.9. The SMILES string of the molecule is IC1COCC1OCCOC1CC1. The maximum absolute atomic E-state index is 5.64. The minimum absolute atomic E-state index is 0.281. The highest BCUT2D eigenvalue weighted by Crippen LogP contribution is 2.23. The van der Waals surface area contributed by atoms with Crippen LogP contribution in [0.1, 0.15) is 12.8 Å². The molecule has 0 bridgehead atoms.